The molecule has 5 heteroatoms. The molecule has 4 saturated carbocycles. The van der Waals surface area contributed by atoms with E-state index >= 15 is 0 Å². The van der Waals surface area contributed by atoms with Crippen LogP contribution in [0, 0.1) is 29.1 Å². The second kappa shape index (κ2) is 13.0. The summed E-state index contributed by atoms with van der Waals surface area (Å²) in [5.41, 5.74) is 4.58. The van der Waals surface area contributed by atoms with E-state index in [4.69, 9.17) is 8.85 Å². The van der Waals surface area contributed by atoms with Crippen LogP contribution in [0.15, 0.2) is 35.5 Å². The average molecular weight is 641 g/mol. The lowest BCUT2D eigenvalue weighted by Gasteiger charge is -2.46. The molecule has 7 atom stereocenters. The van der Waals surface area contributed by atoms with E-state index in [2.05, 4.69) is 100 Å². The number of Topliss-reactive ketones (excluding diaryl/α,β-unsaturated/α-hetero) is 1. The molecule has 0 radical (unpaired) electrons. The van der Waals surface area contributed by atoms with Gasteiger partial charge in [0.05, 0.1) is 12.2 Å². The van der Waals surface area contributed by atoms with Crippen LogP contribution in [-0.2, 0) is 13.6 Å². The Kier molecular flexibility index (Phi) is 10.7. The summed E-state index contributed by atoms with van der Waals surface area (Å²) in [6.07, 6.45) is 17.6. The molecule has 0 amide bonds. The molecule has 0 aromatic heterocycles. The van der Waals surface area contributed by atoms with Gasteiger partial charge < -0.3 is 8.85 Å². The van der Waals surface area contributed by atoms with Gasteiger partial charge in [-0.2, -0.15) is 0 Å². The van der Waals surface area contributed by atoms with Crippen molar-refractivity contribution in [2.24, 2.45) is 29.1 Å². The zero-order valence-corrected chi connectivity index (χ0v) is 32.8. The first-order valence-electron chi connectivity index (χ1n) is 18.1. The summed E-state index contributed by atoms with van der Waals surface area (Å²) in [4.78, 5) is 11.9. The predicted octanol–water partition coefficient (Wildman–Crippen LogP) is 11.6. The van der Waals surface area contributed by atoms with Crippen molar-refractivity contribution in [3.05, 3.63) is 35.5 Å². The number of hydrogen-bond acceptors (Lipinski definition) is 3. The number of rotatable bonds is 8. The third kappa shape index (κ3) is 7.68. The summed E-state index contributed by atoms with van der Waals surface area (Å²) in [5, 5.41) is 0.335. The van der Waals surface area contributed by atoms with Crippen LogP contribution in [0.4, 0.5) is 0 Å². The average Bonchev–Trinajstić information content (AvgIpc) is 3.45. The minimum Gasteiger partial charge on any atom is -0.413 e. The van der Waals surface area contributed by atoms with E-state index in [1.165, 1.54) is 49.7 Å². The molecule has 0 aromatic rings. The fraction of sp³-hybridized carbons (Fsp3) is 0.821. The van der Waals surface area contributed by atoms with Crippen molar-refractivity contribution in [1.82, 2.24) is 0 Å². The monoisotopic (exact) mass is 640 g/mol. The van der Waals surface area contributed by atoms with E-state index in [0.717, 1.165) is 38.0 Å². The third-order valence-corrected chi connectivity index (χ3v) is 22.5. The van der Waals surface area contributed by atoms with Crippen LogP contribution in [0.25, 0.3) is 0 Å². The first kappa shape index (κ1) is 36.1. The van der Waals surface area contributed by atoms with Crippen molar-refractivity contribution >= 4 is 22.4 Å². The fourth-order valence-corrected chi connectivity index (χ4v) is 11.4. The first-order valence-corrected chi connectivity index (χ1v) is 23.9. The van der Waals surface area contributed by atoms with Crippen molar-refractivity contribution < 1.29 is 13.6 Å². The largest absolute Gasteiger partial charge is 0.413 e. The molecule has 0 aromatic carbocycles. The molecule has 4 fully saturated rings. The number of allylic oxidation sites excluding steroid dienone is 3. The molecular weight excluding hydrogens is 573 g/mol. The maximum Gasteiger partial charge on any atom is 0.192 e. The predicted molar refractivity (Wildman–Crippen MR) is 193 cm³/mol. The zero-order chi connectivity index (χ0) is 32.9. The number of carbonyl (C=O) groups is 1. The van der Waals surface area contributed by atoms with Gasteiger partial charge in [0.2, 0.25) is 0 Å². The number of carbonyl (C=O) groups excluding carboxylic acids is 1. The number of hydrogen-bond donors (Lipinski definition) is 0. The van der Waals surface area contributed by atoms with Crippen LogP contribution in [0.2, 0.25) is 36.3 Å². The molecule has 0 heterocycles. The van der Waals surface area contributed by atoms with E-state index in [0.29, 0.717) is 29.0 Å². The minimum absolute atomic E-state index is 0.0276. The summed E-state index contributed by atoms with van der Waals surface area (Å²) in [6, 6.07) is 0. The Balaban J connectivity index is 1.57. The molecule has 4 aliphatic rings. The van der Waals surface area contributed by atoms with Gasteiger partial charge in [0.15, 0.2) is 16.6 Å². The van der Waals surface area contributed by atoms with Crippen molar-refractivity contribution in [1.29, 1.82) is 0 Å². The van der Waals surface area contributed by atoms with Gasteiger partial charge in [0, 0.05) is 19.3 Å². The quantitative estimate of drug-likeness (QED) is 0.248. The highest BCUT2D eigenvalue weighted by atomic mass is 28.4. The lowest BCUT2D eigenvalue weighted by molar-refractivity contribution is -0.117. The van der Waals surface area contributed by atoms with Gasteiger partial charge in [-0.15, -0.1) is 0 Å². The Bertz CT molecular complexity index is 1130. The van der Waals surface area contributed by atoms with E-state index in [1.54, 1.807) is 5.57 Å². The standard InChI is InChI=1S/C39H68O3Si2/c1-27(23-29-16-19-32(40)24-29)34-20-21-35-30(15-14-22-39(34,35)9)17-18-31-25-33(41-43(10,11)37(3,4)5)26-36(28(31)2)42-44(12,13)38(6,7)8/h17-18,27,29,33-36H,2,14-16,19-26H2,1,3-13H3. The molecule has 4 aliphatic carbocycles. The van der Waals surface area contributed by atoms with Crippen molar-refractivity contribution in [2.45, 2.75) is 174 Å². The normalized spacial score (nSPS) is 35.0. The van der Waals surface area contributed by atoms with Crippen LogP contribution < -0.4 is 0 Å². The van der Waals surface area contributed by atoms with Crippen LogP contribution in [0.5, 0.6) is 0 Å². The molecule has 4 rings (SSSR count). The summed E-state index contributed by atoms with van der Waals surface area (Å²) in [7, 11) is -3.90. The molecule has 3 nitrogen and oxygen atoms in total. The van der Waals surface area contributed by atoms with Gasteiger partial charge >= 0.3 is 0 Å². The second-order valence-corrected chi connectivity index (χ2v) is 28.2. The summed E-state index contributed by atoms with van der Waals surface area (Å²) < 4.78 is 14.2. The molecule has 7 unspecified atom stereocenters. The van der Waals surface area contributed by atoms with Gasteiger partial charge in [0.1, 0.15) is 5.78 Å². The van der Waals surface area contributed by atoms with Gasteiger partial charge in [-0.1, -0.05) is 79.7 Å². The molecule has 250 valence electrons. The smallest absolute Gasteiger partial charge is 0.192 e. The summed E-state index contributed by atoms with van der Waals surface area (Å²) in [6.45, 7) is 33.3. The van der Waals surface area contributed by atoms with E-state index in [-0.39, 0.29) is 22.3 Å². The topological polar surface area (TPSA) is 35.5 Å². The van der Waals surface area contributed by atoms with Gasteiger partial charge in [-0.25, -0.2) is 0 Å². The van der Waals surface area contributed by atoms with Gasteiger partial charge in [-0.3, -0.25) is 4.79 Å². The zero-order valence-electron chi connectivity index (χ0n) is 30.8. The molecule has 0 aliphatic heterocycles. The Morgan fingerprint density at radius 3 is 2.16 bits per heavy atom. The molecule has 0 saturated heterocycles. The summed E-state index contributed by atoms with van der Waals surface area (Å²) >= 11 is 0. The Morgan fingerprint density at radius 1 is 0.932 bits per heavy atom. The van der Waals surface area contributed by atoms with E-state index in [1.807, 2.05) is 0 Å². The second-order valence-electron chi connectivity index (χ2n) is 18.7. The van der Waals surface area contributed by atoms with Crippen LogP contribution in [0.1, 0.15) is 126 Å². The van der Waals surface area contributed by atoms with Crippen molar-refractivity contribution in [3.63, 3.8) is 0 Å². The maximum absolute atomic E-state index is 11.9. The summed E-state index contributed by atoms with van der Waals surface area (Å²) in [5.74, 6) is 3.28. The Labute approximate surface area is 274 Å². The van der Waals surface area contributed by atoms with Gasteiger partial charge in [-0.05, 0) is 128 Å². The van der Waals surface area contributed by atoms with Crippen LogP contribution in [-0.4, -0.2) is 34.6 Å². The first-order chi connectivity index (χ1) is 20.1. The van der Waals surface area contributed by atoms with Gasteiger partial charge in [0.25, 0.3) is 0 Å². The Morgan fingerprint density at radius 2 is 1.57 bits per heavy atom. The Hall–Kier alpha value is -0.756. The molecule has 0 spiro atoms. The highest BCUT2D eigenvalue weighted by molar-refractivity contribution is 6.74. The number of fused-ring (bicyclic) bond motifs is 1. The minimum atomic E-state index is -1.97. The highest BCUT2D eigenvalue weighted by Crippen LogP contribution is 2.60. The lowest BCUT2D eigenvalue weighted by atomic mass is 9.60. The molecule has 44 heavy (non-hydrogen) atoms. The lowest BCUT2D eigenvalue weighted by Crippen LogP contribution is -2.49. The maximum atomic E-state index is 11.9. The van der Waals surface area contributed by atoms with E-state index < -0.39 is 16.6 Å². The number of ketones is 1. The SMILES string of the molecule is C=C1C(=CC=C2CCCC3(C)C2CCC3C(C)CC2CCC(=O)C2)CC(O[Si](C)(C)C(C)(C)C)CC1O[Si](C)(C)C(C)(C)C. The highest BCUT2D eigenvalue weighted by Gasteiger charge is 2.51. The van der Waals surface area contributed by atoms with Crippen LogP contribution in [0.3, 0.4) is 0 Å². The van der Waals surface area contributed by atoms with Crippen molar-refractivity contribution in [3.8, 4) is 0 Å². The molecule has 0 bridgehead atoms. The molecular formula is C39H68O3Si2. The van der Waals surface area contributed by atoms with Crippen LogP contribution >= 0.6 is 0 Å². The fourth-order valence-electron chi connectivity index (χ4n) is 8.76. The molecule has 0 N–H and O–H groups in total. The van der Waals surface area contributed by atoms with E-state index in [9.17, 15) is 4.79 Å². The third-order valence-electron chi connectivity index (χ3n) is 13.5. The van der Waals surface area contributed by atoms with Crippen molar-refractivity contribution in [2.75, 3.05) is 0 Å².